The summed E-state index contributed by atoms with van der Waals surface area (Å²) >= 11 is 0. The number of carbonyl (C=O) groups excluding carboxylic acids is 3. The molecule has 364 valence electrons. The van der Waals surface area contributed by atoms with Gasteiger partial charge >= 0.3 is 5.97 Å². The van der Waals surface area contributed by atoms with Gasteiger partial charge in [-0.05, 0) is 38.0 Å². The predicted molar refractivity (Wildman–Crippen MR) is 249 cm³/mol. The zero-order chi connectivity index (χ0) is 46.0. The summed E-state index contributed by atoms with van der Waals surface area (Å²) in [5.41, 5.74) is 7.10. The van der Waals surface area contributed by atoms with Gasteiger partial charge in [-0.2, -0.15) is 0 Å². The Morgan fingerprint density at radius 1 is 0.613 bits per heavy atom. The summed E-state index contributed by atoms with van der Waals surface area (Å²) in [4.78, 5) is 54.4. The van der Waals surface area contributed by atoms with Crippen LogP contribution in [0.3, 0.4) is 0 Å². The first kappa shape index (κ1) is 57.9. The Morgan fingerprint density at radius 2 is 1.02 bits per heavy atom. The molecule has 1 saturated heterocycles. The molecular formula is C50H95N3O9. The lowest BCUT2D eigenvalue weighted by atomic mass is 9.79. The van der Waals surface area contributed by atoms with Crippen molar-refractivity contribution < 1.29 is 44.3 Å². The number of carboxylic acid groups (broad SMARTS) is 1. The molecular weight excluding hydrogens is 787 g/mol. The van der Waals surface area contributed by atoms with Crippen molar-refractivity contribution in [1.29, 1.82) is 0 Å². The predicted octanol–water partition coefficient (Wildman–Crippen LogP) is 9.86. The average molecular weight is 882 g/mol. The number of carboxylic acids is 1. The van der Waals surface area contributed by atoms with E-state index in [4.69, 9.17) is 15.6 Å². The Balaban J connectivity index is 3.07. The van der Waals surface area contributed by atoms with Gasteiger partial charge in [-0.15, -0.1) is 0 Å². The van der Waals surface area contributed by atoms with Gasteiger partial charge in [-0.3, -0.25) is 24.9 Å². The van der Waals surface area contributed by atoms with Crippen molar-refractivity contribution in [3.63, 3.8) is 0 Å². The number of ether oxygens (including phenoxy) is 1. The highest BCUT2D eigenvalue weighted by atomic mass is 16.6. The van der Waals surface area contributed by atoms with Crippen molar-refractivity contribution >= 4 is 23.6 Å². The summed E-state index contributed by atoms with van der Waals surface area (Å²) in [5.74, 6) is -6.27. The van der Waals surface area contributed by atoms with Crippen LogP contribution in [0.25, 0.3) is 0 Å². The van der Waals surface area contributed by atoms with Crippen LogP contribution in [-0.4, -0.2) is 92.2 Å². The van der Waals surface area contributed by atoms with Crippen LogP contribution in [0.15, 0.2) is 0 Å². The molecule has 1 rings (SSSR count). The molecule has 0 aromatic carbocycles. The Hall–Kier alpha value is -2.12. The summed E-state index contributed by atoms with van der Waals surface area (Å²) in [6.45, 7) is 7.73. The Bertz CT molecular complexity index is 1170. The molecule has 62 heavy (non-hydrogen) atoms. The molecule has 1 aliphatic heterocycles. The number of aliphatic hydroxyl groups excluding tert-OH is 3. The lowest BCUT2D eigenvalue weighted by Gasteiger charge is -2.53. The zero-order valence-electron chi connectivity index (χ0n) is 40.1. The van der Waals surface area contributed by atoms with Crippen molar-refractivity contribution in [2.45, 2.75) is 270 Å². The molecule has 7 N–H and O–H groups in total. The van der Waals surface area contributed by atoms with E-state index < -0.39 is 60.4 Å². The maximum absolute atomic E-state index is 14.6. The molecule has 0 unspecified atom stereocenters. The lowest BCUT2D eigenvalue weighted by molar-refractivity contribution is -0.292. The van der Waals surface area contributed by atoms with E-state index in [2.05, 4.69) is 19.2 Å². The number of hydrogen-bond acceptors (Lipinski definition) is 9. The fourth-order valence-corrected chi connectivity index (χ4v) is 8.95. The van der Waals surface area contributed by atoms with Crippen LogP contribution >= 0.6 is 0 Å². The first-order chi connectivity index (χ1) is 29.8. The van der Waals surface area contributed by atoms with Crippen LogP contribution in [0.5, 0.6) is 0 Å². The number of nitrogens with one attached hydrogen (secondary N) is 1. The minimum atomic E-state index is -2.20. The van der Waals surface area contributed by atoms with E-state index in [0.29, 0.717) is 25.7 Å². The van der Waals surface area contributed by atoms with Crippen LogP contribution < -0.4 is 11.1 Å². The van der Waals surface area contributed by atoms with Gasteiger partial charge < -0.3 is 35.4 Å². The Morgan fingerprint density at radius 3 is 1.44 bits per heavy atom. The molecule has 0 spiro atoms. The van der Waals surface area contributed by atoms with E-state index >= 15 is 0 Å². The van der Waals surface area contributed by atoms with Gasteiger partial charge in [-0.1, -0.05) is 188 Å². The first-order valence-corrected chi connectivity index (χ1v) is 25.6. The highest BCUT2D eigenvalue weighted by Gasteiger charge is 2.59. The molecule has 0 aliphatic carbocycles. The summed E-state index contributed by atoms with van der Waals surface area (Å²) in [6.07, 6.45) is 27.6. The number of unbranched alkanes of at least 4 members (excludes halogenated alkanes) is 26. The number of nitrogens with two attached hydrogens (primary N) is 1. The quantitative estimate of drug-likeness (QED) is 0.0254. The van der Waals surface area contributed by atoms with Crippen LogP contribution in [0, 0.1) is 11.8 Å². The minimum Gasteiger partial charge on any atom is -0.481 e. The number of ketones is 1. The van der Waals surface area contributed by atoms with Gasteiger partial charge in [-0.25, -0.2) is 0 Å². The highest BCUT2D eigenvalue weighted by molar-refractivity contribution is 5.92. The minimum absolute atomic E-state index is 0.00464. The molecule has 0 saturated carbocycles. The van der Waals surface area contributed by atoms with Crippen LogP contribution in [0.4, 0.5) is 0 Å². The number of Topliss-reactive ketones (excluding diaryl/α,β-unsaturated/α-hetero) is 1. The van der Waals surface area contributed by atoms with Crippen LogP contribution in [0.2, 0.25) is 0 Å². The van der Waals surface area contributed by atoms with Gasteiger partial charge in [0, 0.05) is 25.8 Å². The maximum Gasteiger partial charge on any atom is 0.303 e. The van der Waals surface area contributed by atoms with E-state index in [1.807, 2.05) is 13.8 Å². The number of nitrogens with zero attached hydrogens (tertiary/aromatic N) is 1. The maximum atomic E-state index is 14.6. The molecule has 0 aromatic heterocycles. The molecule has 6 atom stereocenters. The molecule has 1 heterocycles. The molecule has 12 heteroatoms. The van der Waals surface area contributed by atoms with Gasteiger partial charge in [0.25, 0.3) is 0 Å². The van der Waals surface area contributed by atoms with E-state index in [9.17, 15) is 34.5 Å². The molecule has 0 bridgehead atoms. The topological polar surface area (TPSA) is 200 Å². The highest BCUT2D eigenvalue weighted by Crippen LogP contribution is 2.37. The van der Waals surface area contributed by atoms with Crippen LogP contribution in [-0.2, 0) is 23.9 Å². The second kappa shape index (κ2) is 36.1. The van der Waals surface area contributed by atoms with E-state index in [1.165, 1.54) is 120 Å². The average Bonchev–Trinajstić information content (AvgIpc) is 3.23. The number of rotatable bonds is 41. The van der Waals surface area contributed by atoms with E-state index in [-0.39, 0.29) is 44.1 Å². The normalized spacial score (nSPS) is 20.7. The third-order valence-corrected chi connectivity index (χ3v) is 12.7. The third-order valence-electron chi connectivity index (χ3n) is 12.7. The van der Waals surface area contributed by atoms with Gasteiger partial charge in [0.2, 0.25) is 17.7 Å². The molecule has 0 aromatic rings. The number of carbonyl (C=O) groups is 4. The van der Waals surface area contributed by atoms with E-state index in [0.717, 1.165) is 44.9 Å². The smallest absolute Gasteiger partial charge is 0.303 e. The molecule has 2 amide bonds. The van der Waals surface area contributed by atoms with Gasteiger partial charge in [0.15, 0.2) is 5.78 Å². The van der Waals surface area contributed by atoms with Gasteiger partial charge in [0.1, 0.15) is 18.1 Å². The SMILES string of the molecule is CCCCCCCCCCCCCCCCCC(=O)N(CCCCCCCCCCCCCC)[C@]1(N)O[C@H](CO)[C@@H](O)[C@H](O)[C@H]1C(=O)[C@H](CC(C)C)NC(=O)CCCCC(=O)O. The zero-order valence-corrected chi connectivity index (χ0v) is 40.1. The summed E-state index contributed by atoms with van der Waals surface area (Å²) < 4.78 is 6.20. The summed E-state index contributed by atoms with van der Waals surface area (Å²) in [6, 6.07) is -1.12. The number of aliphatic carboxylic acids is 1. The summed E-state index contributed by atoms with van der Waals surface area (Å²) in [7, 11) is 0. The van der Waals surface area contributed by atoms with Crippen LogP contribution in [0.1, 0.15) is 240 Å². The molecule has 0 radical (unpaired) electrons. The second-order valence-electron chi connectivity index (χ2n) is 18.9. The number of amides is 2. The monoisotopic (exact) mass is 882 g/mol. The summed E-state index contributed by atoms with van der Waals surface area (Å²) in [5, 5.41) is 44.8. The second-order valence-corrected chi connectivity index (χ2v) is 18.9. The fraction of sp³-hybridized carbons (Fsp3) is 0.920. The van der Waals surface area contributed by atoms with Crippen molar-refractivity contribution in [3.05, 3.63) is 0 Å². The number of hydrogen-bond donors (Lipinski definition) is 6. The molecule has 1 fully saturated rings. The van der Waals surface area contributed by atoms with Gasteiger partial charge in [0.05, 0.1) is 18.8 Å². The number of aliphatic hydroxyl groups is 3. The molecule has 12 nitrogen and oxygen atoms in total. The largest absolute Gasteiger partial charge is 0.481 e. The fourth-order valence-electron chi connectivity index (χ4n) is 8.95. The first-order valence-electron chi connectivity index (χ1n) is 25.6. The third kappa shape index (κ3) is 24.8. The van der Waals surface area contributed by atoms with Crippen molar-refractivity contribution in [2.75, 3.05) is 13.2 Å². The standard InChI is InChI=1S/C50H95N3O9/c1-5-7-9-11-13-15-17-19-20-21-22-24-26-28-30-35-44(56)53(37-33-29-27-25-23-18-16-14-12-10-8-6-2)50(51)46(49(61)48(60)42(39-54)62-50)47(59)41(38-40(3)4)52-43(55)34-31-32-36-45(57)58/h40-42,46,48-49,54,60-61H,5-39,51H2,1-4H3,(H,52,55)(H,57,58)/t41-,42+,46+,48+,49+,50-/m0/s1. The Labute approximate surface area is 377 Å². The van der Waals surface area contributed by atoms with E-state index in [1.54, 1.807) is 0 Å². The van der Waals surface area contributed by atoms with Crippen molar-refractivity contribution in [1.82, 2.24) is 10.2 Å². The lowest BCUT2D eigenvalue weighted by Crippen LogP contribution is -2.76. The molecule has 1 aliphatic rings. The Kier molecular flexibility index (Phi) is 33.7. The van der Waals surface area contributed by atoms with Crippen molar-refractivity contribution in [2.24, 2.45) is 17.6 Å². The van der Waals surface area contributed by atoms with Crippen molar-refractivity contribution in [3.8, 4) is 0 Å².